The molecule has 0 bridgehead atoms. The van der Waals surface area contributed by atoms with Crippen molar-refractivity contribution in [1.29, 1.82) is 0 Å². The van der Waals surface area contributed by atoms with Crippen molar-refractivity contribution in [3.8, 4) is 0 Å². The first kappa shape index (κ1) is 16.8. The Bertz CT molecular complexity index is 835. The molecule has 0 amide bonds. The molecule has 0 unspecified atom stereocenters. The van der Waals surface area contributed by atoms with Crippen molar-refractivity contribution in [2.45, 2.75) is 12.7 Å². The predicted octanol–water partition coefficient (Wildman–Crippen LogP) is 4.85. The van der Waals surface area contributed by atoms with E-state index in [1.807, 2.05) is 30.3 Å². The molecule has 0 atom stereocenters. The topological polar surface area (TPSA) is 49.8 Å². The van der Waals surface area contributed by atoms with Gasteiger partial charge in [0, 0.05) is 18.3 Å². The second-order valence-corrected chi connectivity index (χ2v) is 5.33. The first-order chi connectivity index (χ1) is 12.0. The number of nitrogens with zero attached hydrogens (tertiary/aromatic N) is 2. The van der Waals surface area contributed by atoms with E-state index in [0.29, 0.717) is 23.9 Å². The molecule has 0 saturated heterocycles. The summed E-state index contributed by atoms with van der Waals surface area (Å²) in [5, 5.41) is 6.02. The fourth-order valence-corrected chi connectivity index (χ4v) is 2.23. The number of alkyl halides is 3. The third-order valence-electron chi connectivity index (χ3n) is 3.45. The summed E-state index contributed by atoms with van der Waals surface area (Å²) < 4.78 is 38.3. The van der Waals surface area contributed by atoms with E-state index < -0.39 is 11.7 Å². The lowest BCUT2D eigenvalue weighted by atomic mass is 10.2. The van der Waals surface area contributed by atoms with Crippen LogP contribution in [-0.4, -0.2) is 9.97 Å². The molecule has 0 aliphatic heterocycles. The lowest BCUT2D eigenvalue weighted by Gasteiger charge is -2.11. The zero-order valence-electron chi connectivity index (χ0n) is 13.1. The van der Waals surface area contributed by atoms with E-state index in [0.717, 1.165) is 17.7 Å². The van der Waals surface area contributed by atoms with Crippen molar-refractivity contribution in [3.63, 3.8) is 0 Å². The third kappa shape index (κ3) is 4.69. The fraction of sp³-hybridized carbons (Fsp3) is 0.111. The van der Waals surface area contributed by atoms with Crippen LogP contribution in [-0.2, 0) is 12.7 Å². The van der Waals surface area contributed by atoms with Gasteiger partial charge in [-0.3, -0.25) is 0 Å². The van der Waals surface area contributed by atoms with E-state index in [1.165, 1.54) is 12.4 Å². The van der Waals surface area contributed by atoms with E-state index in [1.54, 1.807) is 12.1 Å². The molecule has 1 aromatic heterocycles. The van der Waals surface area contributed by atoms with Gasteiger partial charge in [-0.05, 0) is 23.8 Å². The Hall–Kier alpha value is -3.09. The number of hydrogen-bond donors (Lipinski definition) is 2. The predicted molar refractivity (Wildman–Crippen MR) is 90.5 cm³/mol. The van der Waals surface area contributed by atoms with Gasteiger partial charge in [-0.15, -0.1) is 0 Å². The zero-order valence-corrected chi connectivity index (χ0v) is 13.1. The van der Waals surface area contributed by atoms with Gasteiger partial charge in [-0.2, -0.15) is 13.2 Å². The lowest BCUT2D eigenvalue weighted by molar-refractivity contribution is -0.137. The Balaban J connectivity index is 1.69. The van der Waals surface area contributed by atoms with Crippen LogP contribution in [0.5, 0.6) is 0 Å². The molecule has 0 aliphatic carbocycles. The summed E-state index contributed by atoms with van der Waals surface area (Å²) in [6.07, 6.45) is -3.03. The fourth-order valence-electron chi connectivity index (χ4n) is 2.23. The third-order valence-corrected chi connectivity index (χ3v) is 3.45. The minimum absolute atomic E-state index is 0.308. The van der Waals surface area contributed by atoms with Gasteiger partial charge in [0.2, 0.25) is 0 Å². The molecule has 0 spiro atoms. The van der Waals surface area contributed by atoms with Gasteiger partial charge in [0.1, 0.15) is 18.0 Å². The van der Waals surface area contributed by atoms with Crippen molar-refractivity contribution in [1.82, 2.24) is 9.97 Å². The number of hydrogen-bond acceptors (Lipinski definition) is 4. The molecule has 128 valence electrons. The number of benzene rings is 2. The minimum atomic E-state index is -4.38. The Labute approximate surface area is 142 Å². The van der Waals surface area contributed by atoms with Crippen molar-refractivity contribution in [2.75, 3.05) is 10.6 Å². The van der Waals surface area contributed by atoms with Gasteiger partial charge in [0.05, 0.1) is 5.56 Å². The highest BCUT2D eigenvalue weighted by Gasteiger charge is 2.30. The summed E-state index contributed by atoms with van der Waals surface area (Å²) in [7, 11) is 0. The minimum Gasteiger partial charge on any atom is -0.366 e. The van der Waals surface area contributed by atoms with Crippen LogP contribution >= 0.6 is 0 Å². The van der Waals surface area contributed by atoms with Crippen molar-refractivity contribution in [3.05, 3.63) is 78.1 Å². The Morgan fingerprint density at radius 1 is 0.840 bits per heavy atom. The number of aromatic nitrogens is 2. The summed E-state index contributed by atoms with van der Waals surface area (Å²) >= 11 is 0. The smallest absolute Gasteiger partial charge is 0.366 e. The summed E-state index contributed by atoms with van der Waals surface area (Å²) in [5.41, 5.74) is 0.685. The molecule has 3 rings (SSSR count). The molecule has 2 aromatic carbocycles. The van der Waals surface area contributed by atoms with E-state index in [-0.39, 0.29) is 0 Å². The number of nitrogens with one attached hydrogen (secondary N) is 2. The zero-order chi connectivity index (χ0) is 17.7. The SMILES string of the molecule is FC(F)(F)c1cccc(Nc2cc(NCc3ccccc3)ncn2)c1. The van der Waals surface area contributed by atoms with Gasteiger partial charge in [-0.1, -0.05) is 36.4 Å². The van der Waals surface area contributed by atoms with Crippen molar-refractivity contribution >= 4 is 17.3 Å². The molecule has 2 N–H and O–H groups in total. The highest BCUT2D eigenvalue weighted by atomic mass is 19.4. The van der Waals surface area contributed by atoms with E-state index in [9.17, 15) is 13.2 Å². The first-order valence-electron chi connectivity index (χ1n) is 7.55. The highest BCUT2D eigenvalue weighted by molar-refractivity contribution is 5.59. The molecular weight excluding hydrogens is 329 g/mol. The average molecular weight is 344 g/mol. The summed E-state index contributed by atoms with van der Waals surface area (Å²) in [4.78, 5) is 8.15. The maximum atomic E-state index is 12.8. The highest BCUT2D eigenvalue weighted by Crippen LogP contribution is 2.31. The largest absolute Gasteiger partial charge is 0.416 e. The maximum Gasteiger partial charge on any atom is 0.416 e. The summed E-state index contributed by atoms with van der Waals surface area (Å²) in [6.45, 7) is 0.584. The molecule has 0 fully saturated rings. The van der Waals surface area contributed by atoms with Gasteiger partial charge in [0.15, 0.2) is 0 Å². The quantitative estimate of drug-likeness (QED) is 0.695. The average Bonchev–Trinajstić information content (AvgIpc) is 2.61. The number of halogens is 3. The monoisotopic (exact) mass is 344 g/mol. The van der Waals surface area contributed by atoms with Gasteiger partial charge >= 0.3 is 6.18 Å². The van der Waals surface area contributed by atoms with Gasteiger partial charge in [-0.25, -0.2) is 9.97 Å². The second-order valence-electron chi connectivity index (χ2n) is 5.33. The van der Waals surface area contributed by atoms with E-state index >= 15 is 0 Å². The van der Waals surface area contributed by atoms with Crippen LogP contribution < -0.4 is 10.6 Å². The molecule has 3 aromatic rings. The maximum absolute atomic E-state index is 12.8. The molecule has 0 aliphatic rings. The van der Waals surface area contributed by atoms with Crippen LogP contribution in [0.15, 0.2) is 67.0 Å². The molecule has 4 nitrogen and oxygen atoms in total. The van der Waals surface area contributed by atoms with Crippen LogP contribution in [0.3, 0.4) is 0 Å². The number of rotatable bonds is 5. The Kier molecular flexibility index (Phi) is 4.83. The summed E-state index contributed by atoms with van der Waals surface area (Å²) in [6, 6.07) is 16.4. The number of anilines is 3. The molecule has 0 saturated carbocycles. The second kappa shape index (κ2) is 7.21. The molecular formula is C18H15F3N4. The van der Waals surface area contributed by atoms with Crippen LogP contribution in [0.1, 0.15) is 11.1 Å². The van der Waals surface area contributed by atoms with Crippen molar-refractivity contribution < 1.29 is 13.2 Å². The standard InChI is InChI=1S/C18H15F3N4/c19-18(20,21)14-7-4-8-15(9-14)25-17-10-16(23-12-24-17)22-11-13-5-2-1-3-6-13/h1-10,12H,11H2,(H2,22,23,24,25). The van der Waals surface area contributed by atoms with Crippen LogP contribution in [0.4, 0.5) is 30.5 Å². The van der Waals surface area contributed by atoms with Crippen LogP contribution in [0.2, 0.25) is 0 Å². The van der Waals surface area contributed by atoms with E-state index in [2.05, 4.69) is 20.6 Å². The van der Waals surface area contributed by atoms with Gasteiger partial charge < -0.3 is 10.6 Å². The summed E-state index contributed by atoms with van der Waals surface area (Å²) in [5.74, 6) is 0.984. The normalized spacial score (nSPS) is 11.2. The first-order valence-corrected chi connectivity index (χ1v) is 7.55. The van der Waals surface area contributed by atoms with E-state index in [4.69, 9.17) is 0 Å². The Morgan fingerprint density at radius 2 is 1.60 bits per heavy atom. The Morgan fingerprint density at radius 3 is 2.36 bits per heavy atom. The van der Waals surface area contributed by atoms with Crippen LogP contribution in [0.25, 0.3) is 0 Å². The van der Waals surface area contributed by atoms with Gasteiger partial charge in [0.25, 0.3) is 0 Å². The molecule has 25 heavy (non-hydrogen) atoms. The lowest BCUT2D eigenvalue weighted by Crippen LogP contribution is -2.06. The molecule has 0 radical (unpaired) electrons. The molecule has 7 heteroatoms. The van der Waals surface area contributed by atoms with Crippen LogP contribution in [0, 0.1) is 0 Å². The van der Waals surface area contributed by atoms with Crippen molar-refractivity contribution in [2.24, 2.45) is 0 Å². The molecule has 1 heterocycles.